The molecule has 2 aromatic heterocycles. The lowest BCUT2D eigenvalue weighted by molar-refractivity contribution is 0.0751. The average molecular weight is 378 g/mol. The summed E-state index contributed by atoms with van der Waals surface area (Å²) in [6.45, 7) is 5.08. The molecule has 4 rings (SSSR count). The second kappa shape index (κ2) is 7.17. The van der Waals surface area contributed by atoms with Gasteiger partial charge in [-0.1, -0.05) is 11.6 Å². The number of nitrogens with zero attached hydrogens (tertiary/aromatic N) is 5. The number of hydrogen-bond acceptors (Lipinski definition) is 6. The van der Waals surface area contributed by atoms with Gasteiger partial charge < -0.3 is 14.7 Å². The standard InChI is InChI=1S/C17H20ClN5OS/c18-14-4-3-13(25-14)17(24)23-9-7-22(8-10-23)16-11-15(19-12-20-16)21-5-1-2-6-21/h3-4,11-12H,1-2,5-10H2. The Bertz CT molecular complexity index is 753. The first-order valence-electron chi connectivity index (χ1n) is 8.57. The Labute approximate surface area is 156 Å². The maximum atomic E-state index is 12.5. The van der Waals surface area contributed by atoms with E-state index in [1.165, 1.54) is 24.2 Å². The molecule has 2 aliphatic rings. The molecule has 0 unspecified atom stereocenters. The fourth-order valence-corrected chi connectivity index (χ4v) is 4.36. The third-order valence-corrected chi connectivity index (χ3v) is 5.96. The van der Waals surface area contributed by atoms with Gasteiger partial charge in [0.25, 0.3) is 5.91 Å². The molecule has 4 heterocycles. The van der Waals surface area contributed by atoms with Crippen molar-refractivity contribution in [3.05, 3.63) is 33.7 Å². The quantitative estimate of drug-likeness (QED) is 0.823. The summed E-state index contributed by atoms with van der Waals surface area (Å²) >= 11 is 7.27. The van der Waals surface area contributed by atoms with Crippen molar-refractivity contribution in [1.82, 2.24) is 14.9 Å². The molecule has 2 saturated heterocycles. The molecule has 6 nitrogen and oxygen atoms in total. The molecule has 0 radical (unpaired) electrons. The van der Waals surface area contributed by atoms with Gasteiger partial charge in [0.15, 0.2) is 0 Å². The van der Waals surface area contributed by atoms with Crippen molar-refractivity contribution in [2.45, 2.75) is 12.8 Å². The predicted molar refractivity (Wildman–Crippen MR) is 101 cm³/mol. The molecule has 2 fully saturated rings. The summed E-state index contributed by atoms with van der Waals surface area (Å²) in [5.41, 5.74) is 0. The SMILES string of the molecule is O=C(c1ccc(Cl)s1)N1CCN(c2cc(N3CCCC3)ncn2)CC1. The van der Waals surface area contributed by atoms with E-state index in [0.29, 0.717) is 22.3 Å². The van der Waals surface area contributed by atoms with Crippen LogP contribution >= 0.6 is 22.9 Å². The van der Waals surface area contributed by atoms with Crippen LogP contribution in [0.1, 0.15) is 22.5 Å². The van der Waals surface area contributed by atoms with Crippen molar-refractivity contribution in [3.8, 4) is 0 Å². The molecule has 25 heavy (non-hydrogen) atoms. The Morgan fingerprint density at radius 1 is 0.960 bits per heavy atom. The van der Waals surface area contributed by atoms with Crippen molar-refractivity contribution >= 4 is 40.5 Å². The van der Waals surface area contributed by atoms with E-state index in [9.17, 15) is 4.79 Å². The molecule has 2 aliphatic heterocycles. The molecule has 0 saturated carbocycles. The Balaban J connectivity index is 1.40. The third kappa shape index (κ3) is 3.57. The summed E-state index contributed by atoms with van der Waals surface area (Å²) in [5, 5.41) is 0. The number of anilines is 2. The van der Waals surface area contributed by atoms with Gasteiger partial charge in [-0.25, -0.2) is 9.97 Å². The van der Waals surface area contributed by atoms with Crippen LogP contribution in [-0.4, -0.2) is 60.0 Å². The average Bonchev–Trinajstić information content (AvgIpc) is 3.33. The molecule has 0 atom stereocenters. The summed E-state index contributed by atoms with van der Waals surface area (Å²) in [5.74, 6) is 2.02. The third-order valence-electron chi connectivity index (χ3n) is 4.74. The monoisotopic (exact) mass is 377 g/mol. The van der Waals surface area contributed by atoms with E-state index in [0.717, 1.165) is 37.8 Å². The minimum absolute atomic E-state index is 0.0667. The maximum absolute atomic E-state index is 12.5. The Hall–Kier alpha value is -1.86. The smallest absolute Gasteiger partial charge is 0.264 e. The Kier molecular flexibility index (Phi) is 4.76. The predicted octanol–water partition coefficient (Wildman–Crippen LogP) is 2.75. The lowest BCUT2D eigenvalue weighted by Crippen LogP contribution is -2.49. The van der Waals surface area contributed by atoms with Crippen LogP contribution in [0.4, 0.5) is 11.6 Å². The van der Waals surface area contributed by atoms with Crippen LogP contribution in [0.3, 0.4) is 0 Å². The lowest BCUT2D eigenvalue weighted by Gasteiger charge is -2.35. The van der Waals surface area contributed by atoms with E-state index in [-0.39, 0.29) is 5.91 Å². The molecular weight excluding hydrogens is 358 g/mol. The number of thiophene rings is 1. The van der Waals surface area contributed by atoms with Crippen LogP contribution in [-0.2, 0) is 0 Å². The summed E-state index contributed by atoms with van der Waals surface area (Å²) in [6, 6.07) is 5.65. The number of carbonyl (C=O) groups is 1. The first-order chi connectivity index (χ1) is 12.2. The summed E-state index contributed by atoms with van der Waals surface area (Å²) in [4.78, 5) is 28.5. The van der Waals surface area contributed by atoms with E-state index in [4.69, 9.17) is 11.6 Å². The van der Waals surface area contributed by atoms with E-state index >= 15 is 0 Å². The van der Waals surface area contributed by atoms with Gasteiger partial charge in [-0.15, -0.1) is 11.3 Å². The second-order valence-electron chi connectivity index (χ2n) is 6.31. The van der Waals surface area contributed by atoms with Crippen LogP contribution in [0.15, 0.2) is 24.5 Å². The van der Waals surface area contributed by atoms with Crippen LogP contribution in [0.25, 0.3) is 0 Å². The number of piperazine rings is 1. The molecule has 1 amide bonds. The molecule has 0 aromatic carbocycles. The molecule has 8 heteroatoms. The van der Waals surface area contributed by atoms with Crippen molar-refractivity contribution in [2.24, 2.45) is 0 Å². The van der Waals surface area contributed by atoms with E-state index in [1.807, 2.05) is 4.90 Å². The Morgan fingerprint density at radius 3 is 2.20 bits per heavy atom. The van der Waals surface area contributed by atoms with Gasteiger partial charge in [0.05, 0.1) is 9.21 Å². The van der Waals surface area contributed by atoms with Crippen LogP contribution in [0.5, 0.6) is 0 Å². The molecule has 0 N–H and O–H groups in total. The molecule has 0 spiro atoms. The zero-order chi connectivity index (χ0) is 17.2. The minimum atomic E-state index is 0.0667. The molecule has 0 bridgehead atoms. The number of rotatable bonds is 3. The Morgan fingerprint density at radius 2 is 1.60 bits per heavy atom. The molecule has 0 aliphatic carbocycles. The number of hydrogen-bond donors (Lipinski definition) is 0. The number of carbonyl (C=O) groups excluding carboxylic acids is 1. The highest BCUT2D eigenvalue weighted by Crippen LogP contribution is 2.25. The van der Waals surface area contributed by atoms with Crippen molar-refractivity contribution in [3.63, 3.8) is 0 Å². The lowest BCUT2D eigenvalue weighted by atomic mass is 10.3. The topological polar surface area (TPSA) is 52.6 Å². The highest BCUT2D eigenvalue weighted by molar-refractivity contribution is 7.17. The van der Waals surface area contributed by atoms with Gasteiger partial charge in [-0.2, -0.15) is 0 Å². The zero-order valence-electron chi connectivity index (χ0n) is 13.9. The summed E-state index contributed by atoms with van der Waals surface area (Å²) in [7, 11) is 0. The van der Waals surface area contributed by atoms with Gasteiger partial charge >= 0.3 is 0 Å². The fraction of sp³-hybridized carbons (Fsp3) is 0.471. The summed E-state index contributed by atoms with van der Waals surface area (Å²) < 4.78 is 0.650. The van der Waals surface area contributed by atoms with Gasteiger partial charge in [-0.3, -0.25) is 4.79 Å². The first kappa shape index (κ1) is 16.6. The molecule has 132 valence electrons. The number of halogens is 1. The van der Waals surface area contributed by atoms with Crippen LogP contribution in [0, 0.1) is 0 Å². The fourth-order valence-electron chi connectivity index (χ4n) is 3.35. The number of amides is 1. The van der Waals surface area contributed by atoms with Crippen molar-refractivity contribution < 1.29 is 4.79 Å². The van der Waals surface area contributed by atoms with E-state index in [2.05, 4.69) is 25.8 Å². The second-order valence-corrected chi connectivity index (χ2v) is 8.03. The van der Waals surface area contributed by atoms with Gasteiger partial charge in [0.2, 0.25) is 0 Å². The maximum Gasteiger partial charge on any atom is 0.264 e. The largest absolute Gasteiger partial charge is 0.356 e. The minimum Gasteiger partial charge on any atom is -0.356 e. The van der Waals surface area contributed by atoms with Crippen LogP contribution < -0.4 is 9.80 Å². The van der Waals surface area contributed by atoms with Crippen molar-refractivity contribution in [2.75, 3.05) is 49.1 Å². The van der Waals surface area contributed by atoms with Crippen molar-refractivity contribution in [1.29, 1.82) is 0 Å². The number of aromatic nitrogens is 2. The van der Waals surface area contributed by atoms with Gasteiger partial charge in [0, 0.05) is 45.3 Å². The highest BCUT2D eigenvalue weighted by atomic mass is 35.5. The summed E-state index contributed by atoms with van der Waals surface area (Å²) in [6.07, 6.45) is 4.11. The van der Waals surface area contributed by atoms with Crippen LogP contribution in [0.2, 0.25) is 4.34 Å². The zero-order valence-corrected chi connectivity index (χ0v) is 15.5. The normalized spacial score (nSPS) is 18.0. The van der Waals surface area contributed by atoms with Gasteiger partial charge in [-0.05, 0) is 25.0 Å². The first-order valence-corrected chi connectivity index (χ1v) is 9.77. The van der Waals surface area contributed by atoms with Gasteiger partial charge in [0.1, 0.15) is 18.0 Å². The highest BCUT2D eigenvalue weighted by Gasteiger charge is 2.24. The van der Waals surface area contributed by atoms with E-state index < -0.39 is 0 Å². The molecule has 2 aromatic rings. The van der Waals surface area contributed by atoms with E-state index in [1.54, 1.807) is 18.5 Å². The molecular formula is C17H20ClN5OS.